The third-order valence-corrected chi connectivity index (χ3v) is 4.11. The predicted molar refractivity (Wildman–Crippen MR) is 105 cm³/mol. The zero-order chi connectivity index (χ0) is 21.0. The van der Waals surface area contributed by atoms with Crippen LogP contribution in [0.2, 0.25) is 0 Å². The Morgan fingerprint density at radius 3 is 2.69 bits per heavy atom. The highest BCUT2D eigenvalue weighted by Gasteiger charge is 2.22. The average Bonchev–Trinajstić information content (AvgIpc) is 3.18. The van der Waals surface area contributed by atoms with Gasteiger partial charge in [0, 0.05) is 17.4 Å². The van der Waals surface area contributed by atoms with E-state index in [1.54, 1.807) is 56.4 Å². The number of nitro groups is 1. The minimum atomic E-state index is -0.592. The van der Waals surface area contributed by atoms with E-state index in [-0.39, 0.29) is 23.6 Å². The third-order valence-electron chi connectivity index (χ3n) is 4.11. The number of benzene rings is 2. The van der Waals surface area contributed by atoms with E-state index in [1.165, 1.54) is 16.8 Å². The summed E-state index contributed by atoms with van der Waals surface area (Å²) in [5.74, 6) is -1.12. The van der Waals surface area contributed by atoms with Crippen LogP contribution < -0.4 is 5.32 Å². The molecule has 0 unspecified atom stereocenters. The highest BCUT2D eigenvalue weighted by Crippen LogP contribution is 2.24. The van der Waals surface area contributed by atoms with Crippen LogP contribution >= 0.6 is 0 Å². The number of nitrogens with zero attached hydrogens (tertiary/aromatic N) is 3. The van der Waals surface area contributed by atoms with Crippen molar-refractivity contribution in [3.05, 3.63) is 81.7 Å². The Kier molecular flexibility index (Phi) is 5.68. The summed E-state index contributed by atoms with van der Waals surface area (Å²) >= 11 is 0. The molecular formula is C20H18N4O5. The van der Waals surface area contributed by atoms with Crippen LogP contribution in [0.25, 0.3) is 5.69 Å². The van der Waals surface area contributed by atoms with Crippen molar-refractivity contribution in [2.75, 3.05) is 11.9 Å². The van der Waals surface area contributed by atoms with Crippen molar-refractivity contribution < 1.29 is 19.2 Å². The Labute approximate surface area is 166 Å². The molecule has 0 aliphatic carbocycles. The van der Waals surface area contributed by atoms with Crippen molar-refractivity contribution in [2.24, 2.45) is 0 Å². The standard InChI is InChI=1S/C20H18N4O5/c1-3-29-20(26)17-10-11-23(22-17)15-8-5-7-14(12-15)21-19(25)16-9-4-6-13(2)18(16)24(27)28/h4-12H,3H2,1-2H3,(H,21,25). The Morgan fingerprint density at radius 2 is 1.97 bits per heavy atom. The Bertz CT molecular complexity index is 1090. The molecule has 2 aromatic carbocycles. The van der Waals surface area contributed by atoms with Crippen molar-refractivity contribution in [3.8, 4) is 5.69 Å². The number of nitro benzene ring substituents is 1. The van der Waals surface area contributed by atoms with Crippen molar-refractivity contribution in [1.29, 1.82) is 0 Å². The van der Waals surface area contributed by atoms with E-state index in [4.69, 9.17) is 4.74 Å². The number of hydrogen-bond donors (Lipinski definition) is 1. The molecule has 0 bridgehead atoms. The topological polar surface area (TPSA) is 116 Å². The smallest absolute Gasteiger partial charge is 0.358 e. The van der Waals surface area contributed by atoms with Gasteiger partial charge in [-0.1, -0.05) is 18.2 Å². The minimum absolute atomic E-state index is 0.0240. The second-order valence-electron chi connectivity index (χ2n) is 6.10. The molecule has 3 rings (SSSR count). The molecule has 0 saturated heterocycles. The fourth-order valence-electron chi connectivity index (χ4n) is 2.79. The Hall–Kier alpha value is -4.01. The van der Waals surface area contributed by atoms with Gasteiger partial charge < -0.3 is 10.1 Å². The van der Waals surface area contributed by atoms with Gasteiger partial charge >= 0.3 is 5.97 Å². The van der Waals surface area contributed by atoms with Crippen LogP contribution in [-0.4, -0.2) is 33.2 Å². The van der Waals surface area contributed by atoms with Crippen LogP contribution in [0.15, 0.2) is 54.7 Å². The molecule has 1 aromatic heterocycles. The molecule has 1 heterocycles. The van der Waals surface area contributed by atoms with Gasteiger partial charge in [0.25, 0.3) is 11.6 Å². The van der Waals surface area contributed by atoms with Crippen LogP contribution in [0.4, 0.5) is 11.4 Å². The molecular weight excluding hydrogens is 376 g/mol. The van der Waals surface area contributed by atoms with Gasteiger partial charge in [0.2, 0.25) is 0 Å². The second kappa shape index (κ2) is 8.34. The number of carbonyl (C=O) groups is 2. The van der Waals surface area contributed by atoms with E-state index in [1.807, 2.05) is 0 Å². The van der Waals surface area contributed by atoms with Crippen LogP contribution in [0.5, 0.6) is 0 Å². The van der Waals surface area contributed by atoms with Crippen molar-refractivity contribution >= 4 is 23.3 Å². The summed E-state index contributed by atoms with van der Waals surface area (Å²) in [4.78, 5) is 35.1. The number of para-hydroxylation sites is 1. The molecule has 3 aromatic rings. The van der Waals surface area contributed by atoms with Gasteiger partial charge in [0.1, 0.15) is 5.56 Å². The molecule has 148 valence electrons. The molecule has 0 radical (unpaired) electrons. The van der Waals surface area contributed by atoms with Crippen molar-refractivity contribution in [3.63, 3.8) is 0 Å². The highest BCUT2D eigenvalue weighted by atomic mass is 16.6. The Morgan fingerprint density at radius 1 is 1.21 bits per heavy atom. The number of aryl methyl sites for hydroxylation is 1. The molecule has 0 saturated carbocycles. The first-order chi connectivity index (χ1) is 13.9. The lowest BCUT2D eigenvalue weighted by Gasteiger charge is -2.09. The van der Waals surface area contributed by atoms with Crippen LogP contribution in [0.1, 0.15) is 33.3 Å². The van der Waals surface area contributed by atoms with E-state index < -0.39 is 16.8 Å². The molecule has 0 aliphatic heterocycles. The number of aromatic nitrogens is 2. The number of rotatable bonds is 6. The maximum atomic E-state index is 12.6. The average molecular weight is 394 g/mol. The number of anilines is 1. The summed E-state index contributed by atoms with van der Waals surface area (Å²) in [5, 5.41) is 18.1. The molecule has 1 N–H and O–H groups in total. The van der Waals surface area contributed by atoms with Crippen molar-refractivity contribution in [2.45, 2.75) is 13.8 Å². The lowest BCUT2D eigenvalue weighted by atomic mass is 10.1. The van der Waals surface area contributed by atoms with Gasteiger partial charge in [-0.25, -0.2) is 9.48 Å². The summed E-state index contributed by atoms with van der Waals surface area (Å²) in [7, 11) is 0. The van der Waals surface area contributed by atoms with Gasteiger partial charge in [-0.3, -0.25) is 14.9 Å². The summed E-state index contributed by atoms with van der Waals surface area (Å²) in [6.07, 6.45) is 1.60. The zero-order valence-electron chi connectivity index (χ0n) is 15.8. The van der Waals surface area contributed by atoms with Gasteiger partial charge in [-0.2, -0.15) is 5.10 Å². The Balaban J connectivity index is 1.84. The molecule has 0 aliphatic rings. The van der Waals surface area contributed by atoms with Crippen LogP contribution in [0, 0.1) is 17.0 Å². The van der Waals surface area contributed by atoms with Gasteiger partial charge in [0.15, 0.2) is 5.69 Å². The molecule has 9 nitrogen and oxygen atoms in total. The first-order valence-corrected chi connectivity index (χ1v) is 8.79. The quantitative estimate of drug-likeness (QED) is 0.388. The van der Waals surface area contributed by atoms with Gasteiger partial charge in [0.05, 0.1) is 17.2 Å². The van der Waals surface area contributed by atoms with Crippen LogP contribution in [-0.2, 0) is 4.74 Å². The molecule has 1 amide bonds. The maximum absolute atomic E-state index is 12.6. The summed E-state index contributed by atoms with van der Waals surface area (Å²) < 4.78 is 6.39. The van der Waals surface area contributed by atoms with E-state index in [0.29, 0.717) is 16.9 Å². The molecule has 29 heavy (non-hydrogen) atoms. The SMILES string of the molecule is CCOC(=O)c1ccn(-c2cccc(NC(=O)c3cccc(C)c3[N+](=O)[O-])c2)n1. The highest BCUT2D eigenvalue weighted by molar-refractivity contribution is 6.07. The van der Waals surface area contributed by atoms with Crippen molar-refractivity contribution in [1.82, 2.24) is 9.78 Å². The fourth-order valence-corrected chi connectivity index (χ4v) is 2.79. The summed E-state index contributed by atoms with van der Waals surface area (Å²) in [6.45, 7) is 3.53. The molecule has 0 spiro atoms. The third kappa shape index (κ3) is 4.29. The number of nitrogens with one attached hydrogen (secondary N) is 1. The van der Waals surface area contributed by atoms with E-state index in [9.17, 15) is 19.7 Å². The summed E-state index contributed by atoms with van der Waals surface area (Å²) in [5.41, 5.74) is 1.33. The minimum Gasteiger partial charge on any atom is -0.461 e. The normalized spacial score (nSPS) is 10.4. The number of ether oxygens (including phenoxy) is 1. The van der Waals surface area contributed by atoms with Gasteiger partial charge in [-0.05, 0) is 44.2 Å². The first-order valence-electron chi connectivity index (χ1n) is 8.79. The lowest BCUT2D eigenvalue weighted by Crippen LogP contribution is -2.14. The number of carbonyl (C=O) groups excluding carboxylic acids is 2. The monoisotopic (exact) mass is 394 g/mol. The predicted octanol–water partition coefficient (Wildman–Crippen LogP) is 3.52. The maximum Gasteiger partial charge on any atom is 0.358 e. The lowest BCUT2D eigenvalue weighted by molar-refractivity contribution is -0.385. The first kappa shape index (κ1) is 19.7. The second-order valence-corrected chi connectivity index (χ2v) is 6.10. The number of hydrogen-bond acceptors (Lipinski definition) is 6. The van der Waals surface area contributed by atoms with Crippen LogP contribution in [0.3, 0.4) is 0 Å². The number of amides is 1. The van der Waals surface area contributed by atoms with Gasteiger partial charge in [-0.15, -0.1) is 0 Å². The zero-order valence-corrected chi connectivity index (χ0v) is 15.8. The fraction of sp³-hybridized carbons (Fsp3) is 0.150. The van der Waals surface area contributed by atoms with E-state index in [2.05, 4.69) is 10.4 Å². The van der Waals surface area contributed by atoms with E-state index in [0.717, 1.165) is 0 Å². The molecule has 0 fully saturated rings. The number of esters is 1. The summed E-state index contributed by atoms with van der Waals surface area (Å²) in [6, 6.07) is 12.8. The largest absolute Gasteiger partial charge is 0.461 e. The molecule has 0 atom stereocenters. The van der Waals surface area contributed by atoms with E-state index >= 15 is 0 Å². The molecule has 9 heteroatoms.